The average Bonchev–Trinajstić information content (AvgIpc) is 2.89. The lowest BCUT2D eigenvalue weighted by atomic mass is 10.0. The Morgan fingerprint density at radius 1 is 1.16 bits per heavy atom. The lowest BCUT2D eigenvalue weighted by Crippen LogP contribution is -2.29. The Morgan fingerprint density at radius 3 is 2.44 bits per heavy atom. The number of benzene rings is 1. The predicted octanol–water partition coefficient (Wildman–Crippen LogP) is 4.69. The van der Waals surface area contributed by atoms with Crippen LogP contribution in [0, 0.1) is 12.7 Å². The minimum Gasteiger partial charge on any atom is -0.258 e. The standard InChI is InChI=1S/C17H14ClF3N4/c1-10-13(14-7-8-22-16(18)23-14)9-25(24-10)15(17(2,20)21)11-3-5-12(19)6-4-11/h3-9,15H,1-2H3/t15-/m1/s1. The highest BCUT2D eigenvalue weighted by Gasteiger charge is 2.38. The molecule has 0 fully saturated rings. The molecule has 0 radical (unpaired) electrons. The molecule has 0 unspecified atom stereocenters. The molecule has 0 saturated heterocycles. The van der Waals surface area contributed by atoms with Crippen LogP contribution in [0.1, 0.15) is 24.2 Å². The first kappa shape index (κ1) is 17.4. The van der Waals surface area contributed by atoms with Crippen molar-refractivity contribution in [3.63, 3.8) is 0 Å². The number of aromatic nitrogens is 4. The van der Waals surface area contributed by atoms with E-state index in [1.165, 1.54) is 29.2 Å². The monoisotopic (exact) mass is 366 g/mol. The zero-order chi connectivity index (χ0) is 18.2. The summed E-state index contributed by atoms with van der Waals surface area (Å²) in [6.07, 6.45) is 2.97. The summed E-state index contributed by atoms with van der Waals surface area (Å²) < 4.78 is 42.8. The first-order valence-corrected chi connectivity index (χ1v) is 7.81. The molecular weight excluding hydrogens is 353 g/mol. The fourth-order valence-electron chi connectivity index (χ4n) is 2.67. The van der Waals surface area contributed by atoms with Gasteiger partial charge in [-0.15, -0.1) is 0 Å². The Balaban J connectivity index is 2.09. The molecule has 8 heteroatoms. The molecule has 0 aliphatic carbocycles. The van der Waals surface area contributed by atoms with E-state index < -0.39 is 17.8 Å². The zero-order valence-electron chi connectivity index (χ0n) is 13.4. The molecule has 2 aromatic heterocycles. The lowest BCUT2D eigenvalue weighted by Gasteiger charge is -2.24. The summed E-state index contributed by atoms with van der Waals surface area (Å²) >= 11 is 5.79. The molecule has 3 rings (SSSR count). The van der Waals surface area contributed by atoms with Crippen LogP contribution in [0.15, 0.2) is 42.7 Å². The third-order valence-corrected chi connectivity index (χ3v) is 3.93. The highest BCUT2D eigenvalue weighted by atomic mass is 35.5. The van der Waals surface area contributed by atoms with E-state index in [1.54, 1.807) is 13.0 Å². The molecule has 0 aliphatic heterocycles. The van der Waals surface area contributed by atoms with Gasteiger partial charge in [-0.25, -0.2) is 23.1 Å². The number of alkyl halides is 2. The van der Waals surface area contributed by atoms with Gasteiger partial charge in [-0.2, -0.15) is 5.10 Å². The van der Waals surface area contributed by atoms with Crippen molar-refractivity contribution >= 4 is 11.6 Å². The molecule has 0 amide bonds. The molecule has 1 aromatic carbocycles. The summed E-state index contributed by atoms with van der Waals surface area (Å²) in [5.41, 5.74) is 1.83. The minimum absolute atomic E-state index is 0.0561. The van der Waals surface area contributed by atoms with Crippen LogP contribution in [-0.4, -0.2) is 25.7 Å². The van der Waals surface area contributed by atoms with E-state index in [1.807, 2.05) is 0 Å². The summed E-state index contributed by atoms with van der Waals surface area (Å²) in [6, 6.07) is 5.20. The molecule has 25 heavy (non-hydrogen) atoms. The van der Waals surface area contributed by atoms with Crippen molar-refractivity contribution in [2.45, 2.75) is 25.8 Å². The summed E-state index contributed by atoms with van der Waals surface area (Å²) in [4.78, 5) is 7.89. The van der Waals surface area contributed by atoms with Crippen molar-refractivity contribution < 1.29 is 13.2 Å². The van der Waals surface area contributed by atoms with Gasteiger partial charge in [-0.05, 0) is 42.3 Å². The molecule has 2 heterocycles. The van der Waals surface area contributed by atoms with E-state index >= 15 is 0 Å². The van der Waals surface area contributed by atoms with Gasteiger partial charge in [0, 0.05) is 24.9 Å². The van der Waals surface area contributed by atoms with Crippen LogP contribution in [0.2, 0.25) is 5.28 Å². The third-order valence-electron chi connectivity index (χ3n) is 3.75. The fourth-order valence-corrected chi connectivity index (χ4v) is 2.82. The second kappa shape index (κ2) is 6.48. The van der Waals surface area contributed by atoms with Gasteiger partial charge in [-0.3, -0.25) is 4.68 Å². The summed E-state index contributed by atoms with van der Waals surface area (Å²) in [5, 5.41) is 4.28. The van der Waals surface area contributed by atoms with Crippen LogP contribution in [0.25, 0.3) is 11.3 Å². The van der Waals surface area contributed by atoms with Crippen molar-refractivity contribution in [3.8, 4) is 11.3 Å². The molecule has 0 spiro atoms. The lowest BCUT2D eigenvalue weighted by molar-refractivity contribution is -0.0217. The maximum atomic E-state index is 14.3. The van der Waals surface area contributed by atoms with Gasteiger partial charge in [0.15, 0.2) is 0 Å². The average molecular weight is 367 g/mol. The highest BCUT2D eigenvalue weighted by Crippen LogP contribution is 2.35. The molecule has 1 atom stereocenters. The van der Waals surface area contributed by atoms with E-state index in [9.17, 15) is 13.2 Å². The van der Waals surface area contributed by atoms with Crippen LogP contribution in [-0.2, 0) is 0 Å². The number of rotatable bonds is 4. The SMILES string of the molecule is Cc1nn([C@H](c2ccc(F)cc2)C(C)(F)F)cc1-c1ccnc(Cl)n1. The second-order valence-electron chi connectivity index (χ2n) is 5.73. The van der Waals surface area contributed by atoms with Gasteiger partial charge in [0.2, 0.25) is 5.28 Å². The molecule has 0 bridgehead atoms. The van der Waals surface area contributed by atoms with Gasteiger partial charge >= 0.3 is 0 Å². The van der Waals surface area contributed by atoms with Gasteiger partial charge in [0.25, 0.3) is 5.92 Å². The maximum Gasteiger partial charge on any atom is 0.271 e. The van der Waals surface area contributed by atoms with Crippen molar-refractivity contribution in [2.75, 3.05) is 0 Å². The van der Waals surface area contributed by atoms with E-state index in [-0.39, 0.29) is 10.8 Å². The fraction of sp³-hybridized carbons (Fsp3) is 0.235. The third kappa shape index (κ3) is 3.66. The summed E-state index contributed by atoms with van der Waals surface area (Å²) in [7, 11) is 0. The predicted molar refractivity (Wildman–Crippen MR) is 88.2 cm³/mol. The first-order chi connectivity index (χ1) is 11.8. The van der Waals surface area contributed by atoms with E-state index in [0.29, 0.717) is 17.0 Å². The van der Waals surface area contributed by atoms with Gasteiger partial charge in [0.05, 0.1) is 11.4 Å². The van der Waals surface area contributed by atoms with E-state index in [2.05, 4.69) is 15.1 Å². The molecular formula is C17H14ClF3N4. The molecule has 130 valence electrons. The largest absolute Gasteiger partial charge is 0.271 e. The summed E-state index contributed by atoms with van der Waals surface area (Å²) in [6.45, 7) is 2.50. The second-order valence-corrected chi connectivity index (χ2v) is 6.07. The van der Waals surface area contributed by atoms with Gasteiger partial charge in [0.1, 0.15) is 11.9 Å². The van der Waals surface area contributed by atoms with Crippen LogP contribution in [0.3, 0.4) is 0 Å². The molecule has 0 aliphatic rings. The number of halogens is 4. The number of hydrogen-bond acceptors (Lipinski definition) is 3. The number of aryl methyl sites for hydroxylation is 1. The number of hydrogen-bond donors (Lipinski definition) is 0. The van der Waals surface area contributed by atoms with E-state index in [4.69, 9.17) is 11.6 Å². The van der Waals surface area contributed by atoms with Crippen molar-refractivity contribution in [3.05, 3.63) is 65.1 Å². The van der Waals surface area contributed by atoms with Crippen LogP contribution in [0.5, 0.6) is 0 Å². The zero-order valence-corrected chi connectivity index (χ0v) is 14.2. The topological polar surface area (TPSA) is 43.6 Å². The Labute approximate surface area is 147 Å². The van der Waals surface area contributed by atoms with Crippen LogP contribution < -0.4 is 0 Å². The smallest absolute Gasteiger partial charge is 0.258 e. The Bertz CT molecular complexity index is 888. The van der Waals surface area contributed by atoms with Gasteiger partial charge < -0.3 is 0 Å². The Kier molecular flexibility index (Phi) is 4.51. The minimum atomic E-state index is -3.11. The van der Waals surface area contributed by atoms with Crippen LogP contribution in [0.4, 0.5) is 13.2 Å². The highest BCUT2D eigenvalue weighted by molar-refractivity contribution is 6.28. The molecule has 0 saturated carbocycles. The maximum absolute atomic E-state index is 14.3. The first-order valence-electron chi connectivity index (χ1n) is 7.43. The molecule has 4 nitrogen and oxygen atoms in total. The van der Waals surface area contributed by atoms with Crippen molar-refractivity contribution in [2.24, 2.45) is 0 Å². The molecule has 3 aromatic rings. The van der Waals surface area contributed by atoms with Crippen molar-refractivity contribution in [1.82, 2.24) is 19.7 Å². The Morgan fingerprint density at radius 2 is 1.84 bits per heavy atom. The van der Waals surface area contributed by atoms with E-state index in [0.717, 1.165) is 19.1 Å². The summed E-state index contributed by atoms with van der Waals surface area (Å²) in [5.74, 6) is -3.61. The van der Waals surface area contributed by atoms with Crippen LogP contribution >= 0.6 is 11.6 Å². The normalized spacial score (nSPS) is 13.0. The van der Waals surface area contributed by atoms with Gasteiger partial charge in [-0.1, -0.05) is 12.1 Å². The Hall–Kier alpha value is -2.41. The quantitative estimate of drug-likeness (QED) is 0.629. The number of nitrogens with zero attached hydrogens (tertiary/aromatic N) is 4. The molecule has 0 N–H and O–H groups in total. The van der Waals surface area contributed by atoms with Crippen molar-refractivity contribution in [1.29, 1.82) is 0 Å².